The Kier molecular flexibility index (Phi) is 4.93. The molecule has 0 fully saturated rings. The molecular formula is C20H21FN4. The van der Waals surface area contributed by atoms with Crippen molar-refractivity contribution in [1.29, 1.82) is 0 Å². The number of nitrogens with two attached hydrogens (primary N) is 1. The summed E-state index contributed by atoms with van der Waals surface area (Å²) in [6.07, 6.45) is 0.767. The lowest BCUT2D eigenvalue weighted by molar-refractivity contribution is 0.627. The van der Waals surface area contributed by atoms with Crippen LogP contribution in [-0.2, 0) is 6.42 Å². The first kappa shape index (κ1) is 16.9. The molecule has 4 nitrogen and oxygen atoms in total. The molecule has 0 aliphatic carbocycles. The van der Waals surface area contributed by atoms with Gasteiger partial charge >= 0.3 is 0 Å². The molecule has 0 saturated heterocycles. The molecule has 128 valence electrons. The van der Waals surface area contributed by atoms with Crippen molar-refractivity contribution in [1.82, 2.24) is 9.97 Å². The van der Waals surface area contributed by atoms with Gasteiger partial charge in [-0.1, -0.05) is 30.3 Å². The summed E-state index contributed by atoms with van der Waals surface area (Å²) in [5.41, 5.74) is 11.2. The maximum Gasteiger partial charge on any atom is 0.222 e. The number of halogens is 1. The van der Waals surface area contributed by atoms with Gasteiger partial charge < -0.3 is 11.1 Å². The van der Waals surface area contributed by atoms with Crippen LogP contribution in [-0.4, -0.2) is 16.5 Å². The van der Waals surface area contributed by atoms with E-state index in [1.807, 2.05) is 18.2 Å². The molecule has 0 unspecified atom stereocenters. The highest BCUT2D eigenvalue weighted by Gasteiger charge is 2.08. The predicted molar refractivity (Wildman–Crippen MR) is 99.9 cm³/mol. The first-order valence-corrected chi connectivity index (χ1v) is 8.22. The molecular weight excluding hydrogens is 315 g/mol. The third-order valence-corrected chi connectivity index (χ3v) is 4.26. The molecule has 2 aromatic carbocycles. The molecule has 1 aromatic heterocycles. The van der Waals surface area contributed by atoms with Crippen LogP contribution in [0.1, 0.15) is 16.7 Å². The number of nitrogen functional groups attached to an aromatic ring is 1. The Morgan fingerprint density at radius 2 is 1.80 bits per heavy atom. The molecule has 0 radical (unpaired) electrons. The van der Waals surface area contributed by atoms with E-state index in [0.29, 0.717) is 12.4 Å². The maximum atomic E-state index is 12.9. The second-order valence-corrected chi connectivity index (χ2v) is 6.05. The zero-order chi connectivity index (χ0) is 17.8. The first-order valence-electron chi connectivity index (χ1n) is 8.22. The fraction of sp³-hybridized carbons (Fsp3) is 0.200. The fourth-order valence-electron chi connectivity index (χ4n) is 2.71. The van der Waals surface area contributed by atoms with Crippen molar-refractivity contribution in [2.45, 2.75) is 20.3 Å². The average Bonchev–Trinajstić information content (AvgIpc) is 2.59. The molecule has 0 spiro atoms. The van der Waals surface area contributed by atoms with Gasteiger partial charge in [0.05, 0.1) is 5.69 Å². The Bertz CT molecular complexity index is 875. The number of rotatable bonds is 5. The second-order valence-electron chi connectivity index (χ2n) is 6.05. The van der Waals surface area contributed by atoms with E-state index in [4.69, 9.17) is 5.73 Å². The van der Waals surface area contributed by atoms with Gasteiger partial charge in [0.2, 0.25) is 5.95 Å². The van der Waals surface area contributed by atoms with E-state index in [0.717, 1.165) is 23.2 Å². The standard InChI is InChI=1S/C20H21FN4/c1-13-4-3-5-17(14(13)2)18-12-19(25-20(22)24-18)23-11-10-15-6-8-16(21)9-7-15/h3-9,12H,10-11H2,1-2H3,(H3,22,23,24,25). The van der Waals surface area contributed by atoms with Gasteiger partial charge in [-0.2, -0.15) is 4.98 Å². The molecule has 0 aliphatic rings. The van der Waals surface area contributed by atoms with Crippen LogP contribution >= 0.6 is 0 Å². The quantitative estimate of drug-likeness (QED) is 0.735. The normalized spacial score (nSPS) is 10.7. The van der Waals surface area contributed by atoms with Crippen molar-refractivity contribution in [3.63, 3.8) is 0 Å². The highest BCUT2D eigenvalue weighted by Crippen LogP contribution is 2.26. The molecule has 3 rings (SSSR count). The summed E-state index contributed by atoms with van der Waals surface area (Å²) in [5.74, 6) is 0.701. The number of aryl methyl sites for hydroxylation is 1. The van der Waals surface area contributed by atoms with Crippen LogP contribution < -0.4 is 11.1 Å². The number of anilines is 2. The van der Waals surface area contributed by atoms with E-state index >= 15 is 0 Å². The highest BCUT2D eigenvalue weighted by molar-refractivity contribution is 5.68. The molecule has 0 saturated carbocycles. The lowest BCUT2D eigenvalue weighted by atomic mass is 10.0. The topological polar surface area (TPSA) is 63.8 Å². The molecule has 0 atom stereocenters. The fourth-order valence-corrected chi connectivity index (χ4v) is 2.71. The number of benzene rings is 2. The summed E-state index contributed by atoms with van der Waals surface area (Å²) in [5, 5.41) is 3.27. The van der Waals surface area contributed by atoms with Gasteiger partial charge in [-0.25, -0.2) is 9.37 Å². The van der Waals surface area contributed by atoms with E-state index < -0.39 is 0 Å². The Hall–Kier alpha value is -2.95. The van der Waals surface area contributed by atoms with E-state index in [1.165, 1.54) is 23.3 Å². The van der Waals surface area contributed by atoms with Gasteiger partial charge in [0, 0.05) is 18.2 Å². The number of nitrogens with zero attached hydrogens (tertiary/aromatic N) is 2. The van der Waals surface area contributed by atoms with Crippen LogP contribution in [0.3, 0.4) is 0 Å². The third-order valence-electron chi connectivity index (χ3n) is 4.26. The van der Waals surface area contributed by atoms with Crippen LogP contribution in [0.2, 0.25) is 0 Å². The SMILES string of the molecule is Cc1cccc(-c2cc(NCCc3ccc(F)cc3)nc(N)n2)c1C. The van der Waals surface area contributed by atoms with Gasteiger partial charge in [0.1, 0.15) is 11.6 Å². The van der Waals surface area contributed by atoms with E-state index in [1.54, 1.807) is 12.1 Å². The Morgan fingerprint density at radius 1 is 1.04 bits per heavy atom. The van der Waals surface area contributed by atoms with E-state index in [9.17, 15) is 4.39 Å². The van der Waals surface area contributed by atoms with Crippen LogP contribution in [0.15, 0.2) is 48.5 Å². The number of aromatic nitrogens is 2. The highest BCUT2D eigenvalue weighted by atomic mass is 19.1. The number of hydrogen-bond acceptors (Lipinski definition) is 4. The van der Waals surface area contributed by atoms with Gasteiger partial charge in [-0.15, -0.1) is 0 Å². The summed E-state index contributed by atoms with van der Waals surface area (Å²) in [7, 11) is 0. The number of nitrogens with one attached hydrogen (secondary N) is 1. The Morgan fingerprint density at radius 3 is 2.56 bits per heavy atom. The minimum absolute atomic E-state index is 0.224. The average molecular weight is 336 g/mol. The lowest BCUT2D eigenvalue weighted by Gasteiger charge is -2.11. The van der Waals surface area contributed by atoms with Crippen molar-refractivity contribution in [2.24, 2.45) is 0 Å². The second kappa shape index (κ2) is 7.30. The summed E-state index contributed by atoms with van der Waals surface area (Å²) in [4.78, 5) is 8.62. The molecule has 0 amide bonds. The van der Waals surface area contributed by atoms with Crippen molar-refractivity contribution >= 4 is 11.8 Å². The third kappa shape index (κ3) is 4.12. The monoisotopic (exact) mass is 336 g/mol. The minimum atomic E-state index is -0.224. The van der Waals surface area contributed by atoms with Crippen molar-refractivity contribution < 1.29 is 4.39 Å². The molecule has 0 aliphatic heterocycles. The van der Waals surface area contributed by atoms with Crippen molar-refractivity contribution in [2.75, 3.05) is 17.6 Å². The summed E-state index contributed by atoms with van der Waals surface area (Å²) in [6, 6.07) is 14.5. The van der Waals surface area contributed by atoms with Crippen molar-refractivity contribution in [3.8, 4) is 11.3 Å². The summed E-state index contributed by atoms with van der Waals surface area (Å²) in [6.45, 7) is 4.82. The largest absolute Gasteiger partial charge is 0.370 e. The molecule has 5 heteroatoms. The molecule has 25 heavy (non-hydrogen) atoms. The van der Waals surface area contributed by atoms with Gasteiger partial charge in [0.15, 0.2) is 0 Å². The molecule has 3 N–H and O–H groups in total. The van der Waals surface area contributed by atoms with Crippen molar-refractivity contribution in [3.05, 3.63) is 71.0 Å². The molecule has 3 aromatic rings. The zero-order valence-corrected chi connectivity index (χ0v) is 14.4. The van der Waals surface area contributed by atoms with Crippen LogP contribution in [0, 0.1) is 19.7 Å². The number of hydrogen-bond donors (Lipinski definition) is 2. The lowest BCUT2D eigenvalue weighted by Crippen LogP contribution is -2.08. The van der Waals surface area contributed by atoms with Crippen LogP contribution in [0.25, 0.3) is 11.3 Å². The Balaban J connectivity index is 1.75. The predicted octanol–water partition coefficient (Wildman–Crippen LogP) is 4.14. The Labute approximate surface area is 146 Å². The molecule has 1 heterocycles. The minimum Gasteiger partial charge on any atom is -0.370 e. The maximum absolute atomic E-state index is 12.9. The van der Waals surface area contributed by atoms with Gasteiger partial charge in [-0.3, -0.25) is 0 Å². The van der Waals surface area contributed by atoms with Gasteiger partial charge in [0.25, 0.3) is 0 Å². The summed E-state index contributed by atoms with van der Waals surface area (Å²) >= 11 is 0. The molecule has 0 bridgehead atoms. The van der Waals surface area contributed by atoms with Crippen LogP contribution in [0.4, 0.5) is 16.2 Å². The smallest absolute Gasteiger partial charge is 0.222 e. The summed E-state index contributed by atoms with van der Waals surface area (Å²) < 4.78 is 12.9. The van der Waals surface area contributed by atoms with E-state index in [2.05, 4.69) is 35.2 Å². The zero-order valence-electron chi connectivity index (χ0n) is 14.4. The van der Waals surface area contributed by atoms with Crippen LogP contribution in [0.5, 0.6) is 0 Å². The van der Waals surface area contributed by atoms with Gasteiger partial charge in [-0.05, 0) is 49.1 Å². The van der Waals surface area contributed by atoms with E-state index in [-0.39, 0.29) is 11.8 Å². The first-order chi connectivity index (χ1) is 12.0.